The number of rotatable bonds is 5. The predicted octanol–water partition coefficient (Wildman–Crippen LogP) is 1.80. The number of nitrogens with zero attached hydrogens (tertiary/aromatic N) is 1. The minimum Gasteiger partial charge on any atom is -0.379 e. The zero-order valence-corrected chi connectivity index (χ0v) is 10.1. The highest BCUT2D eigenvalue weighted by molar-refractivity contribution is 5.75. The van der Waals surface area contributed by atoms with Gasteiger partial charge in [-0.2, -0.15) is 0 Å². The lowest BCUT2D eigenvalue weighted by Gasteiger charge is -2.26. The number of hydrogen-bond donors (Lipinski definition) is 2. The summed E-state index contributed by atoms with van der Waals surface area (Å²) in [7, 11) is 0. The maximum atomic E-state index is 13.2. The highest BCUT2D eigenvalue weighted by Crippen LogP contribution is 2.24. The number of amides is 1. The van der Waals surface area contributed by atoms with Crippen LogP contribution in [-0.4, -0.2) is 16.4 Å². The van der Waals surface area contributed by atoms with Crippen molar-refractivity contribution < 1.29 is 14.1 Å². The van der Waals surface area contributed by atoms with Crippen LogP contribution in [0, 0.1) is 15.9 Å². The Hall–Kier alpha value is -2.18. The van der Waals surface area contributed by atoms with E-state index in [1.807, 2.05) is 0 Å². The Morgan fingerprint density at radius 2 is 2.11 bits per heavy atom. The molecule has 0 atom stereocenters. The van der Waals surface area contributed by atoms with E-state index in [4.69, 9.17) is 5.73 Å². The van der Waals surface area contributed by atoms with E-state index < -0.39 is 22.2 Å². The Morgan fingerprint density at radius 3 is 2.61 bits per heavy atom. The van der Waals surface area contributed by atoms with E-state index in [1.54, 1.807) is 13.8 Å². The molecule has 0 aliphatic heterocycles. The molecule has 18 heavy (non-hydrogen) atoms. The molecule has 0 unspecified atom stereocenters. The summed E-state index contributed by atoms with van der Waals surface area (Å²) in [6.45, 7) is 3.38. The molecule has 0 saturated carbocycles. The number of nitrogens with one attached hydrogen (secondary N) is 1. The number of nitro benzene ring substituents is 1. The lowest BCUT2D eigenvalue weighted by Crippen LogP contribution is -2.36. The summed E-state index contributed by atoms with van der Waals surface area (Å²) in [5, 5.41) is 13.4. The van der Waals surface area contributed by atoms with E-state index in [2.05, 4.69) is 5.32 Å². The molecule has 3 N–H and O–H groups in total. The fraction of sp³-hybridized carbons (Fsp3) is 0.364. The van der Waals surface area contributed by atoms with Crippen LogP contribution >= 0.6 is 0 Å². The van der Waals surface area contributed by atoms with Crippen LogP contribution in [0.4, 0.5) is 15.8 Å². The molecule has 0 aliphatic carbocycles. The average Bonchev–Trinajstić information content (AvgIpc) is 2.12. The maximum Gasteiger partial charge on any atom is 0.274 e. The molecule has 0 bridgehead atoms. The van der Waals surface area contributed by atoms with Crippen molar-refractivity contribution in [2.24, 2.45) is 5.73 Å². The molecule has 0 saturated heterocycles. The molecule has 0 aromatic heterocycles. The fourth-order valence-electron chi connectivity index (χ4n) is 1.62. The van der Waals surface area contributed by atoms with Gasteiger partial charge >= 0.3 is 0 Å². The molecule has 0 spiro atoms. The molecule has 6 nitrogen and oxygen atoms in total. The van der Waals surface area contributed by atoms with Gasteiger partial charge < -0.3 is 11.1 Å². The molecule has 1 aromatic carbocycles. The van der Waals surface area contributed by atoms with E-state index >= 15 is 0 Å². The van der Waals surface area contributed by atoms with Gasteiger partial charge in [-0.25, -0.2) is 4.39 Å². The van der Waals surface area contributed by atoms with Gasteiger partial charge in [0.25, 0.3) is 5.69 Å². The van der Waals surface area contributed by atoms with E-state index in [9.17, 15) is 19.3 Å². The largest absolute Gasteiger partial charge is 0.379 e. The summed E-state index contributed by atoms with van der Waals surface area (Å²) in [4.78, 5) is 20.7. The standard InChI is InChI=1S/C11H14FN3O3/c1-11(2,6-10(13)16)14-8-3-7(12)4-9(5-8)15(17)18/h3-5,14H,6H2,1-2H3,(H2,13,16). The van der Waals surface area contributed by atoms with Crippen LogP contribution in [0.15, 0.2) is 18.2 Å². The van der Waals surface area contributed by atoms with E-state index in [-0.39, 0.29) is 17.8 Å². The summed E-state index contributed by atoms with van der Waals surface area (Å²) in [5.41, 5.74) is 4.24. The van der Waals surface area contributed by atoms with Gasteiger partial charge in [-0.3, -0.25) is 14.9 Å². The van der Waals surface area contributed by atoms with Crippen molar-refractivity contribution >= 4 is 17.3 Å². The van der Waals surface area contributed by atoms with E-state index in [1.165, 1.54) is 6.07 Å². The second-order valence-electron chi connectivity index (χ2n) is 4.61. The van der Waals surface area contributed by atoms with Crippen molar-refractivity contribution in [1.82, 2.24) is 0 Å². The van der Waals surface area contributed by atoms with E-state index in [0.29, 0.717) is 0 Å². The lowest BCUT2D eigenvalue weighted by molar-refractivity contribution is -0.385. The number of primary amides is 1. The Kier molecular flexibility index (Phi) is 3.85. The van der Waals surface area contributed by atoms with Crippen molar-refractivity contribution in [3.05, 3.63) is 34.1 Å². The molecule has 1 rings (SSSR count). The summed E-state index contributed by atoms with van der Waals surface area (Å²) in [5.74, 6) is -1.24. The first-order valence-corrected chi connectivity index (χ1v) is 5.21. The van der Waals surface area contributed by atoms with Crippen molar-refractivity contribution in [1.29, 1.82) is 0 Å². The Bertz CT molecular complexity index is 488. The molecule has 0 heterocycles. The molecular weight excluding hydrogens is 241 g/mol. The highest BCUT2D eigenvalue weighted by Gasteiger charge is 2.21. The fourth-order valence-corrected chi connectivity index (χ4v) is 1.62. The first kappa shape index (κ1) is 13.9. The minimum atomic E-state index is -0.721. The van der Waals surface area contributed by atoms with Gasteiger partial charge in [0.2, 0.25) is 5.91 Å². The quantitative estimate of drug-likeness (QED) is 0.619. The summed E-state index contributed by atoms with van der Waals surface area (Å²) < 4.78 is 13.2. The van der Waals surface area contributed by atoms with Gasteiger partial charge in [0.15, 0.2) is 0 Å². The molecule has 1 aromatic rings. The molecule has 7 heteroatoms. The van der Waals surface area contributed by atoms with Gasteiger partial charge in [0.1, 0.15) is 5.82 Å². The molecule has 0 fully saturated rings. The number of carbonyl (C=O) groups is 1. The molecule has 1 amide bonds. The van der Waals surface area contributed by atoms with Crippen LogP contribution in [-0.2, 0) is 4.79 Å². The van der Waals surface area contributed by atoms with Gasteiger partial charge in [0.05, 0.1) is 11.0 Å². The molecular formula is C11H14FN3O3. The third kappa shape index (κ3) is 4.00. The third-order valence-corrected chi connectivity index (χ3v) is 2.19. The number of carbonyl (C=O) groups excluding carboxylic acids is 1. The third-order valence-electron chi connectivity index (χ3n) is 2.19. The van der Waals surface area contributed by atoms with E-state index in [0.717, 1.165) is 12.1 Å². The normalized spacial score (nSPS) is 11.1. The smallest absolute Gasteiger partial charge is 0.274 e. The second-order valence-corrected chi connectivity index (χ2v) is 4.61. The zero-order chi connectivity index (χ0) is 13.9. The van der Waals surface area contributed by atoms with Crippen LogP contribution in [0.3, 0.4) is 0 Å². The van der Waals surface area contributed by atoms with Gasteiger partial charge in [-0.15, -0.1) is 0 Å². The first-order chi connectivity index (χ1) is 8.19. The van der Waals surface area contributed by atoms with Gasteiger partial charge in [-0.05, 0) is 19.9 Å². The number of nitrogens with two attached hydrogens (primary N) is 1. The number of benzene rings is 1. The molecule has 0 radical (unpaired) electrons. The van der Waals surface area contributed by atoms with Crippen molar-refractivity contribution in [3.63, 3.8) is 0 Å². The average molecular weight is 255 g/mol. The monoisotopic (exact) mass is 255 g/mol. The highest BCUT2D eigenvalue weighted by atomic mass is 19.1. The number of halogens is 1. The van der Waals surface area contributed by atoms with Crippen LogP contribution in [0.5, 0.6) is 0 Å². The van der Waals surface area contributed by atoms with Gasteiger partial charge in [0, 0.05) is 23.7 Å². The number of anilines is 1. The van der Waals surface area contributed by atoms with Crippen molar-refractivity contribution in [2.75, 3.05) is 5.32 Å². The minimum absolute atomic E-state index is 0.0251. The maximum absolute atomic E-state index is 13.2. The SMILES string of the molecule is CC(C)(CC(N)=O)Nc1cc(F)cc([N+](=O)[O-])c1. The van der Waals surface area contributed by atoms with Crippen molar-refractivity contribution in [3.8, 4) is 0 Å². The van der Waals surface area contributed by atoms with Crippen LogP contribution in [0.25, 0.3) is 0 Å². The number of nitro groups is 1. The molecule has 98 valence electrons. The molecule has 0 aliphatic rings. The zero-order valence-electron chi connectivity index (χ0n) is 10.1. The van der Waals surface area contributed by atoms with Crippen LogP contribution < -0.4 is 11.1 Å². The summed E-state index contributed by atoms with van der Waals surface area (Å²) in [6.07, 6.45) is 0.0251. The number of hydrogen-bond acceptors (Lipinski definition) is 4. The Labute approximate surface area is 103 Å². The lowest BCUT2D eigenvalue weighted by atomic mass is 10.00. The van der Waals surface area contributed by atoms with Crippen LogP contribution in [0.1, 0.15) is 20.3 Å². The first-order valence-electron chi connectivity index (χ1n) is 5.21. The summed E-state index contributed by atoms with van der Waals surface area (Å²) >= 11 is 0. The Balaban J connectivity index is 2.97. The second kappa shape index (κ2) is 4.99. The predicted molar refractivity (Wildman–Crippen MR) is 64.6 cm³/mol. The number of non-ortho nitro benzene ring substituents is 1. The topological polar surface area (TPSA) is 98.3 Å². The Morgan fingerprint density at radius 1 is 1.50 bits per heavy atom. The van der Waals surface area contributed by atoms with Gasteiger partial charge in [-0.1, -0.05) is 0 Å². The van der Waals surface area contributed by atoms with Crippen molar-refractivity contribution in [2.45, 2.75) is 25.8 Å². The van der Waals surface area contributed by atoms with Crippen LogP contribution in [0.2, 0.25) is 0 Å². The summed E-state index contributed by atoms with van der Waals surface area (Å²) in [6, 6.07) is 3.15.